The number of imidazole rings is 1. The fourth-order valence-electron chi connectivity index (χ4n) is 3.60. The molecule has 0 bridgehead atoms. The van der Waals surface area contributed by atoms with Crippen LogP contribution in [-0.2, 0) is 5.75 Å². The van der Waals surface area contributed by atoms with Gasteiger partial charge >= 0.3 is 6.18 Å². The number of rotatable bonds is 6. The van der Waals surface area contributed by atoms with Gasteiger partial charge in [-0.05, 0) is 38.3 Å². The van der Waals surface area contributed by atoms with E-state index in [9.17, 15) is 17.6 Å². The molecule has 1 N–H and O–H groups in total. The summed E-state index contributed by atoms with van der Waals surface area (Å²) in [6.07, 6.45) is 0.294. The molecule has 3 aromatic rings. The number of halogens is 4. The lowest BCUT2D eigenvalue weighted by atomic mass is 10.1. The van der Waals surface area contributed by atoms with E-state index in [-0.39, 0.29) is 11.6 Å². The third-order valence-electron chi connectivity index (χ3n) is 5.22. The summed E-state index contributed by atoms with van der Waals surface area (Å²) in [5.41, 5.74) is 3.01. The third kappa shape index (κ3) is 5.23. The zero-order chi connectivity index (χ0) is 22.0. The number of H-pyrrole nitrogens is 1. The average Bonchev–Trinajstić information content (AvgIpc) is 3.13. The van der Waals surface area contributed by atoms with Crippen LogP contribution in [0.3, 0.4) is 0 Å². The number of pyridine rings is 1. The fraction of sp³-hybridized carbons (Fsp3) is 0.429. The molecule has 0 atom stereocenters. The second kappa shape index (κ2) is 8.94. The van der Waals surface area contributed by atoms with E-state index in [0.717, 1.165) is 25.9 Å². The smallest absolute Gasteiger partial charge is 0.422 e. The van der Waals surface area contributed by atoms with Crippen LogP contribution in [0.5, 0.6) is 5.75 Å². The van der Waals surface area contributed by atoms with Gasteiger partial charge in [-0.2, -0.15) is 13.2 Å². The Morgan fingerprint density at radius 3 is 2.71 bits per heavy atom. The summed E-state index contributed by atoms with van der Waals surface area (Å²) in [6, 6.07) is 4.65. The van der Waals surface area contributed by atoms with E-state index in [0.29, 0.717) is 38.9 Å². The average molecular weight is 454 g/mol. The van der Waals surface area contributed by atoms with E-state index in [1.165, 1.54) is 36.5 Å². The molecule has 2 aromatic heterocycles. The Balaban J connectivity index is 1.48. The number of fused-ring (bicyclic) bond motifs is 1. The standard InChI is InChI=1S/C21H22F4N4OS/c1-13-17(26-6-5-19(13)30-12-21(23,24)25)11-31-20-27-15-9-14(22)18(10-16(15)28-20)29-7-3-2-4-8-29/h5-6,9-10H,2-4,7-8,11-12H2,1H3,(H,27,28). The van der Waals surface area contributed by atoms with Gasteiger partial charge in [-0.3, -0.25) is 4.98 Å². The van der Waals surface area contributed by atoms with Crippen LogP contribution < -0.4 is 9.64 Å². The van der Waals surface area contributed by atoms with Crippen molar-refractivity contribution in [3.8, 4) is 5.75 Å². The molecule has 0 aliphatic carbocycles. The summed E-state index contributed by atoms with van der Waals surface area (Å²) in [7, 11) is 0. The van der Waals surface area contributed by atoms with Crippen LogP contribution in [-0.4, -0.2) is 40.8 Å². The van der Waals surface area contributed by atoms with E-state index in [1.54, 1.807) is 13.0 Å². The van der Waals surface area contributed by atoms with Crippen molar-refractivity contribution in [2.24, 2.45) is 0 Å². The van der Waals surface area contributed by atoms with Gasteiger partial charge in [0, 0.05) is 36.7 Å². The molecule has 1 saturated heterocycles. The molecule has 0 spiro atoms. The van der Waals surface area contributed by atoms with Gasteiger partial charge in [-0.25, -0.2) is 9.37 Å². The number of aromatic amines is 1. The highest BCUT2D eigenvalue weighted by Gasteiger charge is 2.29. The predicted octanol–water partition coefficient (Wildman–Crippen LogP) is 5.63. The Labute approximate surface area is 181 Å². The maximum absolute atomic E-state index is 14.6. The van der Waals surface area contributed by atoms with Crippen LogP contribution in [0, 0.1) is 12.7 Å². The number of nitrogens with one attached hydrogen (secondary N) is 1. The Hall–Kier alpha value is -2.49. The first kappa shape index (κ1) is 21.7. The number of alkyl halides is 3. The maximum atomic E-state index is 14.6. The van der Waals surface area contributed by atoms with Crippen LogP contribution in [0.4, 0.5) is 23.2 Å². The topological polar surface area (TPSA) is 54.0 Å². The zero-order valence-corrected chi connectivity index (χ0v) is 17.7. The summed E-state index contributed by atoms with van der Waals surface area (Å²) in [5, 5.41) is 0.591. The highest BCUT2D eigenvalue weighted by molar-refractivity contribution is 7.98. The van der Waals surface area contributed by atoms with Gasteiger partial charge in [0.05, 0.1) is 22.4 Å². The number of hydrogen-bond donors (Lipinski definition) is 1. The first-order chi connectivity index (χ1) is 14.8. The van der Waals surface area contributed by atoms with Crippen LogP contribution in [0.15, 0.2) is 29.6 Å². The van der Waals surface area contributed by atoms with E-state index < -0.39 is 12.8 Å². The minimum Gasteiger partial charge on any atom is -0.484 e. The van der Waals surface area contributed by atoms with E-state index in [2.05, 4.69) is 19.9 Å². The van der Waals surface area contributed by atoms with E-state index in [1.807, 2.05) is 0 Å². The molecule has 0 unspecified atom stereocenters. The van der Waals surface area contributed by atoms with Crippen molar-refractivity contribution >= 4 is 28.5 Å². The molecule has 166 valence electrons. The molecule has 1 aromatic carbocycles. The van der Waals surface area contributed by atoms with Gasteiger partial charge in [0.25, 0.3) is 0 Å². The summed E-state index contributed by atoms with van der Waals surface area (Å²) in [5.74, 6) is 0.262. The molecule has 1 aliphatic rings. The summed E-state index contributed by atoms with van der Waals surface area (Å²) in [4.78, 5) is 14.0. The minimum absolute atomic E-state index is 0.153. The van der Waals surface area contributed by atoms with Crippen molar-refractivity contribution in [2.75, 3.05) is 24.6 Å². The molecular formula is C21H22F4N4OS. The van der Waals surface area contributed by atoms with Gasteiger partial charge < -0.3 is 14.6 Å². The Morgan fingerprint density at radius 1 is 1.19 bits per heavy atom. The molecule has 10 heteroatoms. The number of thioether (sulfide) groups is 1. The van der Waals surface area contributed by atoms with Gasteiger partial charge in [0.1, 0.15) is 11.6 Å². The third-order valence-corrected chi connectivity index (χ3v) is 6.11. The number of aromatic nitrogens is 3. The monoisotopic (exact) mass is 454 g/mol. The Kier molecular flexibility index (Phi) is 6.27. The fourth-order valence-corrected chi connectivity index (χ4v) is 4.51. The first-order valence-electron chi connectivity index (χ1n) is 10.0. The van der Waals surface area contributed by atoms with Gasteiger partial charge in [-0.15, -0.1) is 0 Å². The molecule has 31 heavy (non-hydrogen) atoms. The predicted molar refractivity (Wildman–Crippen MR) is 112 cm³/mol. The lowest BCUT2D eigenvalue weighted by Gasteiger charge is -2.29. The van der Waals surface area contributed by atoms with Crippen molar-refractivity contribution in [3.05, 3.63) is 41.5 Å². The highest BCUT2D eigenvalue weighted by Crippen LogP contribution is 2.31. The second-order valence-corrected chi connectivity index (χ2v) is 8.45. The number of benzene rings is 1. The van der Waals surface area contributed by atoms with Crippen molar-refractivity contribution < 1.29 is 22.3 Å². The molecule has 1 aliphatic heterocycles. The maximum Gasteiger partial charge on any atom is 0.422 e. The molecule has 5 nitrogen and oxygen atoms in total. The lowest BCUT2D eigenvalue weighted by Crippen LogP contribution is -2.30. The van der Waals surface area contributed by atoms with Gasteiger partial charge in [-0.1, -0.05) is 11.8 Å². The molecule has 1 fully saturated rings. The zero-order valence-electron chi connectivity index (χ0n) is 16.9. The minimum atomic E-state index is -4.40. The van der Waals surface area contributed by atoms with Crippen molar-refractivity contribution in [1.29, 1.82) is 0 Å². The molecule has 3 heterocycles. The molecular weight excluding hydrogens is 432 g/mol. The SMILES string of the molecule is Cc1c(OCC(F)(F)F)ccnc1CSc1nc2cc(N3CCCCC3)c(F)cc2[nH]1. The number of nitrogens with zero attached hydrogens (tertiary/aromatic N) is 3. The Morgan fingerprint density at radius 2 is 1.97 bits per heavy atom. The van der Waals surface area contributed by atoms with Crippen LogP contribution in [0.1, 0.15) is 30.5 Å². The second-order valence-electron chi connectivity index (χ2n) is 7.48. The summed E-state index contributed by atoms with van der Waals surface area (Å²) < 4.78 is 56.8. The van der Waals surface area contributed by atoms with Crippen LogP contribution in [0.25, 0.3) is 11.0 Å². The quantitative estimate of drug-likeness (QED) is 0.387. The van der Waals surface area contributed by atoms with Crippen molar-refractivity contribution in [3.63, 3.8) is 0 Å². The highest BCUT2D eigenvalue weighted by atomic mass is 32.2. The molecule has 0 radical (unpaired) electrons. The number of hydrogen-bond acceptors (Lipinski definition) is 5. The number of piperidine rings is 1. The van der Waals surface area contributed by atoms with E-state index in [4.69, 9.17) is 4.74 Å². The normalized spacial score (nSPS) is 14.9. The molecule has 0 amide bonds. The van der Waals surface area contributed by atoms with Crippen molar-refractivity contribution in [1.82, 2.24) is 15.0 Å². The summed E-state index contributed by atoms with van der Waals surface area (Å²) >= 11 is 1.35. The Bertz CT molecular complexity index is 1060. The number of anilines is 1. The molecule has 0 saturated carbocycles. The van der Waals surface area contributed by atoms with Gasteiger partial charge in [0.15, 0.2) is 11.8 Å². The largest absolute Gasteiger partial charge is 0.484 e. The van der Waals surface area contributed by atoms with Crippen LogP contribution in [0.2, 0.25) is 0 Å². The molecule has 4 rings (SSSR count). The first-order valence-corrected chi connectivity index (χ1v) is 11.0. The number of ether oxygens (including phenoxy) is 1. The lowest BCUT2D eigenvalue weighted by molar-refractivity contribution is -0.153. The van der Waals surface area contributed by atoms with Crippen LogP contribution >= 0.6 is 11.8 Å². The van der Waals surface area contributed by atoms with Gasteiger partial charge in [0.2, 0.25) is 0 Å². The van der Waals surface area contributed by atoms with Crippen molar-refractivity contribution in [2.45, 2.75) is 43.3 Å². The summed E-state index contributed by atoms with van der Waals surface area (Å²) in [6.45, 7) is 2.00. The van der Waals surface area contributed by atoms with E-state index >= 15 is 0 Å².